The molecule has 1 aliphatic heterocycles. The van der Waals surface area contributed by atoms with Gasteiger partial charge in [0.15, 0.2) is 0 Å². The molecule has 4 rings (SSSR count). The van der Waals surface area contributed by atoms with Crippen LogP contribution >= 0.6 is 0 Å². The van der Waals surface area contributed by atoms with Gasteiger partial charge in [0.25, 0.3) is 0 Å². The van der Waals surface area contributed by atoms with Gasteiger partial charge in [0, 0.05) is 75.2 Å². The van der Waals surface area contributed by atoms with Crippen molar-refractivity contribution in [2.24, 2.45) is 4.99 Å². The lowest BCUT2D eigenvalue weighted by Gasteiger charge is -2.37. The number of aliphatic imine (C=N–C) groups is 1. The molecule has 9 nitrogen and oxygen atoms in total. The standard InChI is InChI=1S/C28H36N6O3/c1-19-17-33(18-20(2)37-19)8-9-34(23-10-24(35-4)13-25(11-23)36-5)22-6-7-26-27(12-22)32-28(16-31-26)21(14-29)15-30-3/h6-7,10-16,19-21,29H,8-9,17-18H2,1-5H3/t19-,20+,21?. The van der Waals surface area contributed by atoms with E-state index in [1.807, 2.05) is 30.3 Å². The van der Waals surface area contributed by atoms with Gasteiger partial charge in [-0.05, 0) is 32.0 Å². The van der Waals surface area contributed by atoms with Crippen LogP contribution in [0.3, 0.4) is 0 Å². The molecule has 0 spiro atoms. The van der Waals surface area contributed by atoms with Gasteiger partial charge < -0.3 is 24.5 Å². The van der Waals surface area contributed by atoms with Gasteiger partial charge in [-0.3, -0.25) is 14.9 Å². The van der Waals surface area contributed by atoms with Crippen LogP contribution in [0, 0.1) is 5.41 Å². The van der Waals surface area contributed by atoms with Gasteiger partial charge in [0.1, 0.15) is 11.5 Å². The maximum Gasteiger partial charge on any atom is 0.124 e. The Balaban J connectivity index is 1.73. The van der Waals surface area contributed by atoms with Gasteiger partial charge in [0.05, 0.1) is 55.3 Å². The molecule has 3 atom stereocenters. The van der Waals surface area contributed by atoms with Crippen molar-refractivity contribution in [1.82, 2.24) is 14.9 Å². The summed E-state index contributed by atoms with van der Waals surface area (Å²) in [7, 11) is 5.01. The summed E-state index contributed by atoms with van der Waals surface area (Å²) in [5.41, 5.74) is 4.20. The van der Waals surface area contributed by atoms with Gasteiger partial charge in [-0.2, -0.15) is 0 Å². The van der Waals surface area contributed by atoms with E-state index in [9.17, 15) is 0 Å². The number of aromatic nitrogens is 2. The zero-order valence-corrected chi connectivity index (χ0v) is 22.2. The first kappa shape index (κ1) is 26.5. The highest BCUT2D eigenvalue weighted by molar-refractivity contribution is 5.89. The minimum Gasteiger partial charge on any atom is -0.497 e. The van der Waals surface area contributed by atoms with Crippen molar-refractivity contribution in [2.75, 3.05) is 52.3 Å². The lowest BCUT2D eigenvalue weighted by molar-refractivity contribution is -0.0669. The van der Waals surface area contributed by atoms with E-state index in [0.717, 1.165) is 60.1 Å². The van der Waals surface area contributed by atoms with Gasteiger partial charge in [-0.25, -0.2) is 4.98 Å². The first-order valence-corrected chi connectivity index (χ1v) is 12.5. The van der Waals surface area contributed by atoms with E-state index < -0.39 is 0 Å². The third-order valence-electron chi connectivity index (χ3n) is 6.47. The fraction of sp³-hybridized carbons (Fsp3) is 0.429. The molecule has 0 bridgehead atoms. The second kappa shape index (κ2) is 12.1. The predicted molar refractivity (Wildman–Crippen MR) is 148 cm³/mol. The molecule has 2 heterocycles. The number of ether oxygens (including phenoxy) is 3. The number of nitrogens with one attached hydrogen (secondary N) is 1. The van der Waals surface area contributed by atoms with E-state index in [2.05, 4.69) is 39.7 Å². The largest absolute Gasteiger partial charge is 0.497 e. The zero-order chi connectivity index (χ0) is 26.4. The summed E-state index contributed by atoms with van der Waals surface area (Å²) in [5, 5.41) is 7.76. The lowest BCUT2D eigenvalue weighted by Crippen LogP contribution is -2.47. The van der Waals surface area contributed by atoms with Crippen LogP contribution in [0.4, 0.5) is 11.4 Å². The molecule has 0 amide bonds. The van der Waals surface area contributed by atoms with E-state index in [-0.39, 0.29) is 18.1 Å². The highest BCUT2D eigenvalue weighted by Crippen LogP contribution is 2.34. The number of rotatable bonds is 10. The SMILES string of the molecule is CN=CC(C=N)c1cnc2ccc(N(CCN3C[C@@H](C)O[C@@H](C)C3)c3cc(OC)cc(OC)c3)cc2n1. The average molecular weight is 505 g/mol. The van der Waals surface area contributed by atoms with Crippen molar-refractivity contribution >= 4 is 34.8 Å². The molecule has 37 heavy (non-hydrogen) atoms. The summed E-state index contributed by atoms with van der Waals surface area (Å²) in [6.45, 7) is 7.66. The highest BCUT2D eigenvalue weighted by Gasteiger charge is 2.23. The van der Waals surface area contributed by atoms with Crippen LogP contribution in [0.1, 0.15) is 25.5 Å². The topological polar surface area (TPSA) is 96.2 Å². The molecule has 1 N–H and O–H groups in total. The normalized spacial score (nSPS) is 19.2. The number of fused-ring (bicyclic) bond motifs is 1. The summed E-state index contributed by atoms with van der Waals surface area (Å²) in [6, 6.07) is 12.0. The molecule has 1 saturated heterocycles. The Kier molecular flexibility index (Phi) is 8.68. The Labute approximate surface area is 218 Å². The molecule has 3 aromatic rings. The minimum absolute atomic E-state index is 0.205. The molecule has 1 aromatic heterocycles. The molecule has 1 fully saturated rings. The van der Waals surface area contributed by atoms with Crippen LogP contribution in [-0.4, -0.2) is 87.0 Å². The number of morpholine rings is 1. The Morgan fingerprint density at radius 2 is 1.78 bits per heavy atom. The number of methoxy groups -OCH3 is 2. The zero-order valence-electron chi connectivity index (χ0n) is 22.2. The maximum absolute atomic E-state index is 7.76. The van der Waals surface area contributed by atoms with Gasteiger partial charge in [-0.15, -0.1) is 0 Å². The highest BCUT2D eigenvalue weighted by atomic mass is 16.5. The van der Waals surface area contributed by atoms with Crippen LogP contribution < -0.4 is 14.4 Å². The van der Waals surface area contributed by atoms with E-state index in [1.165, 1.54) is 6.21 Å². The van der Waals surface area contributed by atoms with Crippen molar-refractivity contribution < 1.29 is 14.2 Å². The fourth-order valence-electron chi connectivity index (χ4n) is 4.77. The van der Waals surface area contributed by atoms with E-state index in [4.69, 9.17) is 24.6 Å². The van der Waals surface area contributed by atoms with Crippen molar-refractivity contribution in [3.05, 3.63) is 48.3 Å². The van der Waals surface area contributed by atoms with Crippen LogP contribution in [0.5, 0.6) is 11.5 Å². The number of anilines is 2. The summed E-state index contributed by atoms with van der Waals surface area (Å²) in [5.74, 6) is 1.14. The monoisotopic (exact) mass is 504 g/mol. The fourth-order valence-corrected chi connectivity index (χ4v) is 4.77. The molecule has 9 heteroatoms. The van der Waals surface area contributed by atoms with Crippen LogP contribution in [-0.2, 0) is 4.74 Å². The van der Waals surface area contributed by atoms with Gasteiger partial charge >= 0.3 is 0 Å². The summed E-state index contributed by atoms with van der Waals surface area (Å²) in [4.78, 5) is 18.2. The van der Waals surface area contributed by atoms with E-state index in [0.29, 0.717) is 5.69 Å². The minimum atomic E-state index is -0.311. The average Bonchev–Trinajstić information content (AvgIpc) is 2.90. The van der Waals surface area contributed by atoms with Crippen molar-refractivity contribution in [3.8, 4) is 11.5 Å². The van der Waals surface area contributed by atoms with E-state index in [1.54, 1.807) is 33.7 Å². The molecule has 196 valence electrons. The molecule has 1 unspecified atom stereocenters. The molecule has 0 saturated carbocycles. The van der Waals surface area contributed by atoms with Crippen molar-refractivity contribution in [3.63, 3.8) is 0 Å². The van der Waals surface area contributed by atoms with Crippen LogP contribution in [0.15, 0.2) is 47.6 Å². The van der Waals surface area contributed by atoms with E-state index >= 15 is 0 Å². The molecule has 1 aliphatic rings. The predicted octanol–water partition coefficient (Wildman–Crippen LogP) is 4.33. The van der Waals surface area contributed by atoms with Crippen LogP contribution in [0.2, 0.25) is 0 Å². The Bertz CT molecular complexity index is 1220. The Morgan fingerprint density at radius 3 is 2.41 bits per heavy atom. The smallest absolute Gasteiger partial charge is 0.124 e. The van der Waals surface area contributed by atoms with Gasteiger partial charge in [-0.1, -0.05) is 0 Å². The number of hydrogen-bond acceptors (Lipinski definition) is 9. The summed E-state index contributed by atoms with van der Waals surface area (Å²) in [6.07, 6.45) is 5.15. The number of benzene rings is 2. The van der Waals surface area contributed by atoms with Crippen molar-refractivity contribution in [1.29, 1.82) is 5.41 Å². The molecule has 2 aromatic carbocycles. The third-order valence-corrected chi connectivity index (χ3v) is 6.47. The number of nitrogens with zero attached hydrogens (tertiary/aromatic N) is 5. The first-order valence-electron chi connectivity index (χ1n) is 12.5. The Hall–Kier alpha value is -3.56. The molecular weight excluding hydrogens is 468 g/mol. The van der Waals surface area contributed by atoms with Crippen molar-refractivity contribution in [2.45, 2.75) is 32.0 Å². The quantitative estimate of drug-likeness (QED) is 0.411. The maximum atomic E-state index is 7.76. The van der Waals surface area contributed by atoms with Gasteiger partial charge in [0.2, 0.25) is 0 Å². The molecule has 0 aliphatic carbocycles. The van der Waals surface area contributed by atoms with Crippen LogP contribution in [0.25, 0.3) is 11.0 Å². The summed E-state index contributed by atoms with van der Waals surface area (Å²) < 4.78 is 17.1. The number of hydrogen-bond donors (Lipinski definition) is 1. The summed E-state index contributed by atoms with van der Waals surface area (Å²) >= 11 is 0. The molecular formula is C28H36N6O3. The Morgan fingerprint density at radius 1 is 1.08 bits per heavy atom. The second-order valence-corrected chi connectivity index (χ2v) is 9.31. The lowest BCUT2D eigenvalue weighted by atomic mass is 10.1. The third kappa shape index (κ3) is 6.42. The molecule has 0 radical (unpaired) electrons. The first-order chi connectivity index (χ1) is 17.9. The second-order valence-electron chi connectivity index (χ2n) is 9.31.